The lowest BCUT2D eigenvalue weighted by molar-refractivity contribution is 0.549. The number of aryl methyl sites for hydroxylation is 2. The molecule has 0 aliphatic rings. The summed E-state index contributed by atoms with van der Waals surface area (Å²) in [6, 6.07) is 23.8. The van der Waals surface area contributed by atoms with Crippen molar-refractivity contribution in [2.24, 2.45) is 0 Å². The first-order valence-electron chi connectivity index (χ1n) is 9.76. The molecule has 0 saturated carbocycles. The molecule has 0 heterocycles. The van der Waals surface area contributed by atoms with Crippen LogP contribution in [0.3, 0.4) is 0 Å². The second kappa shape index (κ2) is 8.69. The van der Waals surface area contributed by atoms with E-state index in [4.69, 9.17) is 6.57 Å². The molecule has 3 nitrogen and oxygen atoms in total. The molecule has 3 rings (SSSR count). The fourth-order valence-corrected chi connectivity index (χ4v) is 5.24. The average Bonchev–Trinajstić information content (AvgIpc) is 2.75. The highest BCUT2D eigenvalue weighted by Gasteiger charge is 2.52. The van der Waals surface area contributed by atoms with Gasteiger partial charge in [0, 0.05) is 0 Å². The molecule has 3 aromatic rings. The molecular weight excluding hydrogens is 390 g/mol. The van der Waals surface area contributed by atoms with Crippen molar-refractivity contribution < 1.29 is 8.42 Å². The first kappa shape index (κ1) is 21.5. The van der Waals surface area contributed by atoms with E-state index >= 15 is 0 Å². The zero-order chi connectivity index (χ0) is 21.8. The van der Waals surface area contributed by atoms with Gasteiger partial charge in [-0.3, -0.25) is 4.85 Å². The highest BCUT2D eigenvalue weighted by Crippen LogP contribution is 2.38. The number of nitrogens with zero attached hydrogens (tertiary/aromatic N) is 1. The molecule has 0 saturated heterocycles. The third-order valence-corrected chi connectivity index (χ3v) is 7.58. The molecule has 1 atom stereocenters. The van der Waals surface area contributed by atoms with Crippen LogP contribution in [0.2, 0.25) is 0 Å². The summed E-state index contributed by atoms with van der Waals surface area (Å²) < 4.78 is 27.6. The summed E-state index contributed by atoms with van der Waals surface area (Å²) in [5.74, 6) is 0. The highest BCUT2D eigenvalue weighted by atomic mass is 32.2. The minimum atomic E-state index is -3.96. The summed E-state index contributed by atoms with van der Waals surface area (Å²) in [6.07, 6.45) is 0.128. The van der Waals surface area contributed by atoms with Crippen molar-refractivity contribution in [2.45, 2.75) is 36.5 Å². The molecule has 0 radical (unpaired) electrons. The van der Waals surface area contributed by atoms with Gasteiger partial charge in [-0.05, 0) is 42.7 Å². The van der Waals surface area contributed by atoms with Gasteiger partial charge in [0.2, 0.25) is 0 Å². The number of hydrogen-bond donors (Lipinski definition) is 0. The van der Waals surface area contributed by atoms with Gasteiger partial charge in [-0.2, -0.15) is 0 Å². The molecule has 0 aliphatic heterocycles. The topological polar surface area (TPSA) is 38.5 Å². The average molecular weight is 416 g/mol. The largest absolute Gasteiger partial charge is 0.341 e. The Morgan fingerprint density at radius 3 is 1.97 bits per heavy atom. The Bertz CT molecular complexity index is 1170. The Balaban J connectivity index is 2.10. The minimum absolute atomic E-state index is 0.0323. The van der Waals surface area contributed by atoms with E-state index in [0.717, 1.165) is 22.3 Å². The quantitative estimate of drug-likeness (QED) is 0.441. The maximum Gasteiger partial charge on any atom is 0.341 e. The van der Waals surface area contributed by atoms with Crippen molar-refractivity contribution >= 4 is 15.4 Å². The molecular formula is C26H25NO2S. The van der Waals surface area contributed by atoms with Crippen LogP contribution in [0.25, 0.3) is 10.4 Å². The molecule has 0 fully saturated rings. The van der Waals surface area contributed by atoms with Gasteiger partial charge in [0.1, 0.15) is 0 Å². The Morgan fingerprint density at radius 2 is 1.43 bits per heavy atom. The van der Waals surface area contributed by atoms with E-state index in [2.05, 4.69) is 11.4 Å². The van der Waals surface area contributed by atoms with Gasteiger partial charge in [-0.25, -0.2) is 15.0 Å². The first-order chi connectivity index (χ1) is 14.3. The first-order valence-corrected chi connectivity index (χ1v) is 11.2. The number of rotatable bonds is 7. The molecule has 1 unspecified atom stereocenters. The van der Waals surface area contributed by atoms with Crippen LogP contribution in [-0.4, -0.2) is 13.3 Å². The van der Waals surface area contributed by atoms with Crippen molar-refractivity contribution in [3.63, 3.8) is 0 Å². The lowest BCUT2D eigenvalue weighted by atomic mass is 9.95. The maximum absolute atomic E-state index is 13.8. The molecule has 152 valence electrons. The molecule has 4 heteroatoms. The smallest absolute Gasteiger partial charge is 0.292 e. The fraction of sp³-hybridized carbons (Fsp3) is 0.192. The van der Waals surface area contributed by atoms with Crippen LogP contribution in [-0.2, 0) is 16.3 Å². The second-order valence-corrected chi connectivity index (χ2v) is 9.92. The van der Waals surface area contributed by atoms with Crippen LogP contribution in [0.1, 0.15) is 28.7 Å². The molecule has 0 aliphatic carbocycles. The SMILES string of the molecule is [C-]#[N+]C(CC(=C)c1ccccc1)(Cc1ccc(C)cc1)S(=O)(=O)c1ccc(C)cc1. The third kappa shape index (κ3) is 4.37. The van der Waals surface area contributed by atoms with E-state index < -0.39 is 14.7 Å². The van der Waals surface area contributed by atoms with Crippen LogP contribution >= 0.6 is 0 Å². The molecule has 30 heavy (non-hydrogen) atoms. The number of sulfone groups is 1. The van der Waals surface area contributed by atoms with Crippen LogP contribution in [0.15, 0.2) is 90.3 Å². The monoisotopic (exact) mass is 415 g/mol. The zero-order valence-corrected chi connectivity index (χ0v) is 18.1. The Morgan fingerprint density at radius 1 is 0.900 bits per heavy atom. The molecule has 0 aromatic heterocycles. The van der Waals surface area contributed by atoms with Gasteiger partial charge in [0.15, 0.2) is 0 Å². The normalized spacial score (nSPS) is 13.2. The Labute approximate surface area is 179 Å². The van der Waals surface area contributed by atoms with Crippen LogP contribution in [0, 0.1) is 20.4 Å². The van der Waals surface area contributed by atoms with Gasteiger partial charge >= 0.3 is 4.87 Å². The molecule has 0 amide bonds. The van der Waals surface area contributed by atoms with E-state index in [-0.39, 0.29) is 17.7 Å². The second-order valence-electron chi connectivity index (χ2n) is 7.68. The van der Waals surface area contributed by atoms with E-state index in [1.165, 1.54) is 0 Å². The van der Waals surface area contributed by atoms with Gasteiger partial charge in [0.25, 0.3) is 9.84 Å². The molecule has 0 bridgehead atoms. The van der Waals surface area contributed by atoms with E-state index in [0.29, 0.717) is 5.57 Å². The lowest BCUT2D eigenvalue weighted by Gasteiger charge is -2.24. The van der Waals surface area contributed by atoms with Gasteiger partial charge in [-0.1, -0.05) is 84.4 Å². The summed E-state index contributed by atoms with van der Waals surface area (Å²) in [5.41, 5.74) is 4.34. The van der Waals surface area contributed by atoms with E-state index in [9.17, 15) is 8.42 Å². The number of hydrogen-bond acceptors (Lipinski definition) is 2. The summed E-state index contributed by atoms with van der Waals surface area (Å²) >= 11 is 0. The standard InChI is InChI=1S/C26H25NO2S/c1-20-10-14-23(15-11-20)19-26(27-4,18-22(3)24-8-6-5-7-9-24)30(28,29)25-16-12-21(2)13-17-25/h5-17H,3,18-19H2,1-2H3. The van der Waals surface area contributed by atoms with Crippen molar-refractivity contribution in [1.82, 2.24) is 0 Å². The number of benzene rings is 3. The van der Waals surface area contributed by atoms with Gasteiger partial charge < -0.3 is 0 Å². The Kier molecular flexibility index (Phi) is 6.24. The van der Waals surface area contributed by atoms with Crippen LogP contribution in [0.5, 0.6) is 0 Å². The predicted molar refractivity (Wildman–Crippen MR) is 123 cm³/mol. The van der Waals surface area contributed by atoms with Crippen molar-refractivity contribution in [3.05, 3.63) is 119 Å². The van der Waals surface area contributed by atoms with E-state index in [1.807, 2.05) is 68.4 Å². The summed E-state index contributed by atoms with van der Waals surface area (Å²) in [4.78, 5) is 2.26. The summed E-state index contributed by atoms with van der Waals surface area (Å²) in [7, 11) is -3.96. The fourth-order valence-electron chi connectivity index (χ4n) is 3.46. The molecule has 0 spiro atoms. The third-order valence-electron chi connectivity index (χ3n) is 5.31. The maximum atomic E-state index is 13.8. The van der Waals surface area contributed by atoms with Crippen molar-refractivity contribution in [1.29, 1.82) is 0 Å². The molecule has 3 aromatic carbocycles. The van der Waals surface area contributed by atoms with Crippen LogP contribution in [0.4, 0.5) is 0 Å². The highest BCUT2D eigenvalue weighted by molar-refractivity contribution is 7.93. The zero-order valence-electron chi connectivity index (χ0n) is 17.3. The van der Waals surface area contributed by atoms with Gasteiger partial charge in [0.05, 0.1) is 17.7 Å². The molecule has 0 N–H and O–H groups in total. The van der Waals surface area contributed by atoms with Gasteiger partial charge in [-0.15, -0.1) is 0 Å². The summed E-state index contributed by atoms with van der Waals surface area (Å²) in [6.45, 7) is 16.0. The van der Waals surface area contributed by atoms with Crippen molar-refractivity contribution in [3.8, 4) is 0 Å². The van der Waals surface area contributed by atoms with Crippen LogP contribution < -0.4 is 0 Å². The van der Waals surface area contributed by atoms with Crippen molar-refractivity contribution in [2.75, 3.05) is 0 Å². The summed E-state index contributed by atoms with van der Waals surface area (Å²) in [5, 5.41) is 0. The Hall–Kier alpha value is -3.16. The lowest BCUT2D eigenvalue weighted by Crippen LogP contribution is -2.38. The van der Waals surface area contributed by atoms with E-state index in [1.54, 1.807) is 24.3 Å². The minimum Gasteiger partial charge on any atom is -0.292 e. The predicted octanol–water partition coefficient (Wildman–Crippen LogP) is 6.04.